The van der Waals surface area contributed by atoms with Crippen LogP contribution in [0, 0.1) is 5.92 Å². The van der Waals surface area contributed by atoms with Gasteiger partial charge in [-0.05, 0) is 23.6 Å². The molecule has 4 rings (SSSR count). The maximum absolute atomic E-state index is 12.4. The number of benzene rings is 1. The summed E-state index contributed by atoms with van der Waals surface area (Å²) in [7, 11) is 0. The highest BCUT2D eigenvalue weighted by Gasteiger charge is 2.31. The van der Waals surface area contributed by atoms with Gasteiger partial charge in [-0.1, -0.05) is 38.1 Å². The Kier molecular flexibility index (Phi) is 3.92. The van der Waals surface area contributed by atoms with Crippen molar-refractivity contribution >= 4 is 11.7 Å². The van der Waals surface area contributed by atoms with Crippen LogP contribution in [0.3, 0.4) is 0 Å². The number of carbonyl (C=O) groups is 1. The molecule has 1 aliphatic heterocycles. The van der Waals surface area contributed by atoms with E-state index in [1.807, 2.05) is 41.2 Å². The summed E-state index contributed by atoms with van der Waals surface area (Å²) in [6.45, 7) is 5.06. The van der Waals surface area contributed by atoms with Crippen molar-refractivity contribution in [3.63, 3.8) is 0 Å². The fourth-order valence-corrected chi connectivity index (χ4v) is 3.49. The van der Waals surface area contributed by atoms with Crippen LogP contribution in [0.5, 0.6) is 0 Å². The summed E-state index contributed by atoms with van der Waals surface area (Å²) in [5.74, 6) is 2.10. The second kappa shape index (κ2) is 6.24. The molecule has 0 radical (unpaired) electrons. The highest BCUT2D eigenvalue weighted by Crippen LogP contribution is 2.41. The Balaban J connectivity index is 1.81. The van der Waals surface area contributed by atoms with Gasteiger partial charge in [0, 0.05) is 30.0 Å². The first-order valence-corrected chi connectivity index (χ1v) is 8.62. The summed E-state index contributed by atoms with van der Waals surface area (Å²) in [4.78, 5) is 12.4. The van der Waals surface area contributed by atoms with Crippen LogP contribution in [0.1, 0.15) is 37.3 Å². The van der Waals surface area contributed by atoms with Gasteiger partial charge in [0.2, 0.25) is 5.91 Å². The van der Waals surface area contributed by atoms with Crippen LogP contribution in [0.15, 0.2) is 53.3 Å². The van der Waals surface area contributed by atoms with Gasteiger partial charge in [0.1, 0.15) is 11.6 Å². The molecule has 5 heteroatoms. The minimum Gasteiger partial charge on any atom is -0.464 e. The summed E-state index contributed by atoms with van der Waals surface area (Å²) < 4.78 is 7.50. The number of fused-ring (bicyclic) bond motifs is 1. The van der Waals surface area contributed by atoms with Crippen LogP contribution in [-0.2, 0) is 11.3 Å². The topological polar surface area (TPSA) is 60.1 Å². The lowest BCUT2D eigenvalue weighted by Crippen LogP contribution is -2.25. The van der Waals surface area contributed by atoms with Gasteiger partial charge in [-0.25, -0.2) is 4.68 Å². The Morgan fingerprint density at radius 3 is 2.84 bits per heavy atom. The van der Waals surface area contributed by atoms with Gasteiger partial charge in [-0.3, -0.25) is 4.79 Å². The summed E-state index contributed by atoms with van der Waals surface area (Å²) >= 11 is 0. The highest BCUT2D eigenvalue weighted by molar-refractivity contribution is 5.94. The third kappa shape index (κ3) is 2.86. The number of anilines is 1. The lowest BCUT2D eigenvalue weighted by Gasteiger charge is -2.25. The minimum atomic E-state index is -0.0223. The average Bonchev–Trinajstić information content (AvgIpc) is 3.24. The van der Waals surface area contributed by atoms with Crippen LogP contribution >= 0.6 is 0 Å². The number of rotatable bonds is 4. The minimum absolute atomic E-state index is 0.0223. The fraction of sp³-hybridized carbons (Fsp3) is 0.300. The van der Waals surface area contributed by atoms with Gasteiger partial charge >= 0.3 is 0 Å². The molecule has 5 nitrogen and oxygen atoms in total. The van der Waals surface area contributed by atoms with E-state index in [9.17, 15) is 4.79 Å². The van der Waals surface area contributed by atoms with Crippen molar-refractivity contribution in [2.24, 2.45) is 5.92 Å². The number of amides is 1. The van der Waals surface area contributed by atoms with E-state index in [1.54, 1.807) is 6.26 Å². The second-order valence-electron chi connectivity index (χ2n) is 6.89. The van der Waals surface area contributed by atoms with E-state index < -0.39 is 0 Å². The predicted octanol–water partition coefficient (Wildman–Crippen LogP) is 4.27. The van der Waals surface area contributed by atoms with Gasteiger partial charge in [-0.2, -0.15) is 5.10 Å². The van der Waals surface area contributed by atoms with Gasteiger partial charge < -0.3 is 9.73 Å². The first kappa shape index (κ1) is 15.7. The summed E-state index contributed by atoms with van der Waals surface area (Å²) in [5.41, 5.74) is 3.19. The molecule has 0 spiro atoms. The molecule has 0 unspecified atom stereocenters. The van der Waals surface area contributed by atoms with E-state index in [0.717, 1.165) is 34.8 Å². The molecule has 128 valence electrons. The summed E-state index contributed by atoms with van der Waals surface area (Å²) in [6, 6.07) is 11.9. The molecule has 0 bridgehead atoms. The molecule has 3 aromatic rings. The van der Waals surface area contributed by atoms with Gasteiger partial charge in [0.25, 0.3) is 0 Å². The SMILES string of the molecule is CC(C)Cn1ncc2c1NC(=O)C[C@H]2c1ccccc1-c1ccco1. The van der Waals surface area contributed by atoms with Crippen molar-refractivity contribution in [2.45, 2.75) is 32.7 Å². The molecule has 1 N–H and O–H groups in total. The predicted molar refractivity (Wildman–Crippen MR) is 96.3 cm³/mol. The number of carbonyl (C=O) groups excluding carboxylic acids is 1. The molecule has 25 heavy (non-hydrogen) atoms. The fourth-order valence-electron chi connectivity index (χ4n) is 3.49. The summed E-state index contributed by atoms with van der Waals surface area (Å²) in [6.07, 6.45) is 3.98. The van der Waals surface area contributed by atoms with Crippen LogP contribution in [0.25, 0.3) is 11.3 Å². The molecule has 3 heterocycles. The van der Waals surface area contributed by atoms with Crippen molar-refractivity contribution in [3.8, 4) is 11.3 Å². The number of furan rings is 1. The molecule has 2 aromatic heterocycles. The molecule has 1 atom stereocenters. The smallest absolute Gasteiger partial charge is 0.226 e. The van der Waals surface area contributed by atoms with Crippen molar-refractivity contribution in [2.75, 3.05) is 5.32 Å². The molecular weight excluding hydrogens is 314 g/mol. The molecule has 1 aliphatic rings. The van der Waals surface area contributed by atoms with E-state index in [1.165, 1.54) is 0 Å². The normalized spacial score (nSPS) is 16.8. The molecule has 0 saturated carbocycles. The number of hydrogen-bond acceptors (Lipinski definition) is 3. The van der Waals surface area contributed by atoms with Crippen LogP contribution < -0.4 is 5.32 Å². The number of nitrogens with one attached hydrogen (secondary N) is 1. The first-order chi connectivity index (χ1) is 12.1. The summed E-state index contributed by atoms with van der Waals surface area (Å²) in [5, 5.41) is 7.52. The Morgan fingerprint density at radius 1 is 1.24 bits per heavy atom. The Bertz CT molecular complexity index is 894. The highest BCUT2D eigenvalue weighted by atomic mass is 16.3. The van der Waals surface area contributed by atoms with Crippen molar-refractivity contribution in [1.82, 2.24) is 9.78 Å². The zero-order valence-electron chi connectivity index (χ0n) is 14.4. The number of nitrogens with zero attached hydrogens (tertiary/aromatic N) is 2. The van der Waals surface area contributed by atoms with Gasteiger partial charge in [-0.15, -0.1) is 0 Å². The lowest BCUT2D eigenvalue weighted by molar-refractivity contribution is -0.116. The third-order valence-electron chi connectivity index (χ3n) is 4.55. The van der Waals surface area contributed by atoms with E-state index in [2.05, 4.69) is 30.3 Å². The van der Waals surface area contributed by atoms with Crippen molar-refractivity contribution < 1.29 is 9.21 Å². The van der Waals surface area contributed by atoms with Gasteiger partial charge in [0.05, 0.1) is 12.5 Å². The molecular formula is C20H21N3O2. The van der Waals surface area contributed by atoms with Gasteiger partial charge in [0.15, 0.2) is 0 Å². The van der Waals surface area contributed by atoms with E-state index >= 15 is 0 Å². The molecule has 0 fully saturated rings. The van der Waals surface area contributed by atoms with Crippen molar-refractivity contribution in [1.29, 1.82) is 0 Å². The standard InChI is InChI=1S/C20H21N3O2/c1-13(2)12-23-20-17(11-21-23)16(10-19(24)22-20)14-6-3-4-7-15(14)18-8-5-9-25-18/h3-9,11,13,16H,10,12H2,1-2H3,(H,22,24)/t16-/m0/s1. The van der Waals surface area contributed by atoms with E-state index in [4.69, 9.17) is 4.42 Å². The van der Waals surface area contributed by atoms with E-state index in [0.29, 0.717) is 12.3 Å². The Hall–Kier alpha value is -2.82. The Labute approximate surface area is 146 Å². The lowest BCUT2D eigenvalue weighted by atomic mass is 9.84. The van der Waals surface area contributed by atoms with Crippen LogP contribution in [-0.4, -0.2) is 15.7 Å². The molecule has 0 aliphatic carbocycles. The third-order valence-corrected chi connectivity index (χ3v) is 4.55. The monoisotopic (exact) mass is 335 g/mol. The average molecular weight is 335 g/mol. The zero-order chi connectivity index (χ0) is 17.4. The molecule has 0 saturated heterocycles. The first-order valence-electron chi connectivity index (χ1n) is 8.62. The zero-order valence-corrected chi connectivity index (χ0v) is 14.4. The largest absolute Gasteiger partial charge is 0.464 e. The molecule has 1 amide bonds. The maximum Gasteiger partial charge on any atom is 0.226 e. The second-order valence-corrected chi connectivity index (χ2v) is 6.89. The maximum atomic E-state index is 12.4. The van der Waals surface area contributed by atoms with Crippen molar-refractivity contribution in [3.05, 3.63) is 60.0 Å². The number of hydrogen-bond donors (Lipinski definition) is 1. The van der Waals surface area contributed by atoms with Crippen LogP contribution in [0.2, 0.25) is 0 Å². The quantitative estimate of drug-likeness (QED) is 0.774. The molecule has 1 aromatic carbocycles. The van der Waals surface area contributed by atoms with Crippen LogP contribution in [0.4, 0.5) is 5.82 Å². The Morgan fingerprint density at radius 2 is 2.08 bits per heavy atom. The van der Waals surface area contributed by atoms with E-state index in [-0.39, 0.29) is 11.8 Å². The number of aromatic nitrogens is 2.